The SMILES string of the molecule is Cc1cc(C)c(C(=O)N2CC(C(=O)O)O[C@H](C)C2)c(=O)[nH]1. The first-order valence-electron chi connectivity index (χ1n) is 6.67. The maximum atomic E-state index is 12.5. The van der Waals surface area contributed by atoms with E-state index in [0.29, 0.717) is 11.3 Å². The van der Waals surface area contributed by atoms with E-state index in [4.69, 9.17) is 9.84 Å². The third-order valence-electron chi connectivity index (χ3n) is 3.40. The summed E-state index contributed by atoms with van der Waals surface area (Å²) in [5.74, 6) is -1.58. The van der Waals surface area contributed by atoms with E-state index < -0.39 is 29.6 Å². The zero-order valence-corrected chi connectivity index (χ0v) is 12.2. The first-order valence-corrected chi connectivity index (χ1v) is 6.67. The van der Waals surface area contributed by atoms with Gasteiger partial charge in [0.1, 0.15) is 5.56 Å². The molecular weight excluding hydrogens is 276 g/mol. The Hall–Kier alpha value is -2.15. The van der Waals surface area contributed by atoms with Gasteiger partial charge in [-0.05, 0) is 32.4 Å². The van der Waals surface area contributed by atoms with Crippen molar-refractivity contribution in [3.63, 3.8) is 0 Å². The molecule has 1 saturated heterocycles. The van der Waals surface area contributed by atoms with Crippen LogP contribution >= 0.6 is 0 Å². The minimum Gasteiger partial charge on any atom is -0.479 e. The average Bonchev–Trinajstić information content (AvgIpc) is 2.36. The van der Waals surface area contributed by atoms with Crippen LogP contribution in [0.2, 0.25) is 0 Å². The first-order chi connectivity index (χ1) is 9.79. The van der Waals surface area contributed by atoms with Crippen LogP contribution in [0.5, 0.6) is 0 Å². The number of amides is 1. The molecule has 2 heterocycles. The van der Waals surface area contributed by atoms with Crippen LogP contribution < -0.4 is 5.56 Å². The number of H-pyrrole nitrogens is 1. The van der Waals surface area contributed by atoms with Crippen molar-refractivity contribution in [1.29, 1.82) is 0 Å². The Morgan fingerprint density at radius 3 is 2.62 bits per heavy atom. The molecule has 2 N–H and O–H groups in total. The molecule has 1 aliphatic rings. The molecule has 0 saturated carbocycles. The van der Waals surface area contributed by atoms with Gasteiger partial charge in [0.05, 0.1) is 12.6 Å². The third-order valence-corrected chi connectivity index (χ3v) is 3.40. The van der Waals surface area contributed by atoms with Crippen molar-refractivity contribution in [3.8, 4) is 0 Å². The summed E-state index contributed by atoms with van der Waals surface area (Å²) in [7, 11) is 0. The van der Waals surface area contributed by atoms with Gasteiger partial charge in [-0.15, -0.1) is 0 Å². The Bertz CT molecular complexity index is 637. The molecule has 0 bridgehead atoms. The standard InChI is InChI=1S/C14H18N2O5/c1-7-4-8(2)15-12(17)11(7)13(18)16-5-9(3)21-10(6-16)14(19)20/h4,9-10H,5-6H2,1-3H3,(H,15,17)(H,19,20)/t9-,10?/m1/s1. The molecule has 1 aromatic rings. The highest BCUT2D eigenvalue weighted by Crippen LogP contribution is 2.15. The molecule has 2 atom stereocenters. The summed E-state index contributed by atoms with van der Waals surface area (Å²) in [6, 6.07) is 1.72. The van der Waals surface area contributed by atoms with Crippen molar-refractivity contribution in [1.82, 2.24) is 9.88 Å². The van der Waals surface area contributed by atoms with Crippen LogP contribution in [0.3, 0.4) is 0 Å². The second-order valence-corrected chi connectivity index (χ2v) is 5.32. The molecule has 1 aliphatic heterocycles. The van der Waals surface area contributed by atoms with Gasteiger partial charge in [-0.1, -0.05) is 0 Å². The van der Waals surface area contributed by atoms with E-state index in [1.54, 1.807) is 26.8 Å². The summed E-state index contributed by atoms with van der Waals surface area (Å²) in [6.07, 6.45) is -1.46. The fourth-order valence-electron chi connectivity index (χ4n) is 2.53. The van der Waals surface area contributed by atoms with Gasteiger partial charge in [-0.25, -0.2) is 4.79 Å². The number of carbonyl (C=O) groups excluding carboxylic acids is 1. The number of hydrogen-bond donors (Lipinski definition) is 2. The molecular formula is C14H18N2O5. The van der Waals surface area contributed by atoms with Crippen LogP contribution in [0, 0.1) is 13.8 Å². The number of nitrogens with one attached hydrogen (secondary N) is 1. The number of carboxylic acids is 1. The fraction of sp³-hybridized carbons (Fsp3) is 0.500. The zero-order chi connectivity index (χ0) is 15.7. The smallest absolute Gasteiger partial charge is 0.334 e. The van der Waals surface area contributed by atoms with Crippen molar-refractivity contribution in [2.45, 2.75) is 33.0 Å². The second-order valence-electron chi connectivity index (χ2n) is 5.32. The average molecular weight is 294 g/mol. The largest absolute Gasteiger partial charge is 0.479 e. The Kier molecular flexibility index (Phi) is 4.13. The van der Waals surface area contributed by atoms with Crippen LogP contribution in [0.25, 0.3) is 0 Å². The van der Waals surface area contributed by atoms with Gasteiger partial charge in [-0.3, -0.25) is 9.59 Å². The number of aromatic amines is 1. The number of hydrogen-bond acceptors (Lipinski definition) is 4. The van der Waals surface area contributed by atoms with Gasteiger partial charge < -0.3 is 19.7 Å². The molecule has 0 aromatic carbocycles. The number of nitrogens with zero attached hydrogens (tertiary/aromatic N) is 1. The summed E-state index contributed by atoms with van der Waals surface area (Å²) >= 11 is 0. The van der Waals surface area contributed by atoms with Crippen LogP contribution in [0.1, 0.15) is 28.5 Å². The molecule has 2 rings (SSSR count). The van der Waals surface area contributed by atoms with Crippen LogP contribution in [0.4, 0.5) is 0 Å². The number of morpholine rings is 1. The van der Waals surface area contributed by atoms with Gasteiger partial charge in [0.2, 0.25) is 0 Å². The number of aryl methyl sites for hydroxylation is 2. The van der Waals surface area contributed by atoms with Crippen molar-refractivity contribution in [2.75, 3.05) is 13.1 Å². The lowest BCUT2D eigenvalue weighted by Gasteiger charge is -2.35. The van der Waals surface area contributed by atoms with Gasteiger partial charge >= 0.3 is 5.97 Å². The minimum atomic E-state index is -1.12. The van der Waals surface area contributed by atoms with E-state index in [1.807, 2.05) is 0 Å². The predicted molar refractivity (Wildman–Crippen MR) is 74.4 cm³/mol. The first kappa shape index (κ1) is 15.2. The minimum absolute atomic E-state index is 0.0545. The highest BCUT2D eigenvalue weighted by atomic mass is 16.5. The Morgan fingerprint density at radius 1 is 1.38 bits per heavy atom. The number of aliphatic carboxylic acids is 1. The van der Waals surface area contributed by atoms with E-state index in [2.05, 4.69) is 4.98 Å². The van der Waals surface area contributed by atoms with E-state index in [9.17, 15) is 14.4 Å². The summed E-state index contributed by atoms with van der Waals surface area (Å²) in [5.41, 5.74) is 0.849. The van der Waals surface area contributed by atoms with Crippen molar-refractivity contribution in [2.24, 2.45) is 0 Å². The quantitative estimate of drug-likeness (QED) is 0.817. The lowest BCUT2D eigenvalue weighted by atomic mass is 10.1. The van der Waals surface area contributed by atoms with Crippen LogP contribution in [0.15, 0.2) is 10.9 Å². The summed E-state index contributed by atoms with van der Waals surface area (Å²) in [6.45, 7) is 5.32. The van der Waals surface area contributed by atoms with E-state index in [-0.39, 0.29) is 18.7 Å². The highest BCUT2D eigenvalue weighted by Gasteiger charge is 2.34. The topological polar surface area (TPSA) is 99.7 Å². The molecule has 1 amide bonds. The number of rotatable bonds is 2. The maximum Gasteiger partial charge on any atom is 0.334 e. The molecule has 114 valence electrons. The molecule has 0 radical (unpaired) electrons. The number of pyridine rings is 1. The normalized spacial score (nSPS) is 22.1. The number of carbonyl (C=O) groups is 2. The van der Waals surface area contributed by atoms with Gasteiger partial charge in [0.25, 0.3) is 11.5 Å². The van der Waals surface area contributed by atoms with Crippen molar-refractivity contribution >= 4 is 11.9 Å². The zero-order valence-electron chi connectivity index (χ0n) is 12.2. The number of ether oxygens (including phenoxy) is 1. The maximum absolute atomic E-state index is 12.5. The third kappa shape index (κ3) is 3.13. The number of aromatic nitrogens is 1. The molecule has 7 heteroatoms. The molecule has 1 unspecified atom stereocenters. The predicted octanol–water partition coefficient (Wildman–Crippen LogP) is 0.306. The van der Waals surface area contributed by atoms with Crippen molar-refractivity contribution in [3.05, 3.63) is 33.2 Å². The summed E-state index contributed by atoms with van der Waals surface area (Å²) in [5, 5.41) is 9.04. The van der Waals surface area contributed by atoms with E-state index >= 15 is 0 Å². The molecule has 0 spiro atoms. The van der Waals surface area contributed by atoms with E-state index in [1.165, 1.54) is 4.90 Å². The Morgan fingerprint density at radius 2 is 2.05 bits per heavy atom. The van der Waals surface area contributed by atoms with E-state index in [0.717, 1.165) is 0 Å². The van der Waals surface area contributed by atoms with Crippen LogP contribution in [-0.4, -0.2) is 52.2 Å². The summed E-state index contributed by atoms with van der Waals surface area (Å²) in [4.78, 5) is 39.5. The number of carboxylic acid groups (broad SMARTS) is 1. The van der Waals surface area contributed by atoms with Gasteiger partial charge in [-0.2, -0.15) is 0 Å². The van der Waals surface area contributed by atoms with Gasteiger partial charge in [0.15, 0.2) is 6.10 Å². The second kappa shape index (κ2) is 5.69. The lowest BCUT2D eigenvalue weighted by molar-refractivity contribution is -0.160. The Labute approximate surface area is 121 Å². The van der Waals surface area contributed by atoms with Crippen molar-refractivity contribution < 1.29 is 19.4 Å². The molecule has 0 aliphatic carbocycles. The summed E-state index contributed by atoms with van der Waals surface area (Å²) < 4.78 is 5.26. The lowest BCUT2D eigenvalue weighted by Crippen LogP contribution is -2.52. The fourth-order valence-corrected chi connectivity index (χ4v) is 2.53. The Balaban J connectivity index is 2.32. The van der Waals surface area contributed by atoms with Gasteiger partial charge in [0, 0.05) is 12.2 Å². The molecule has 1 aromatic heterocycles. The molecule has 1 fully saturated rings. The molecule has 21 heavy (non-hydrogen) atoms. The highest BCUT2D eigenvalue weighted by molar-refractivity contribution is 5.95. The monoisotopic (exact) mass is 294 g/mol. The molecule has 7 nitrogen and oxygen atoms in total. The van der Waals surface area contributed by atoms with Crippen LogP contribution in [-0.2, 0) is 9.53 Å².